The van der Waals surface area contributed by atoms with Crippen molar-refractivity contribution in [3.05, 3.63) is 53.3 Å². The van der Waals surface area contributed by atoms with Gasteiger partial charge in [0.05, 0.1) is 11.7 Å². The molecule has 0 bridgehead atoms. The van der Waals surface area contributed by atoms with Crippen molar-refractivity contribution >= 4 is 0 Å². The summed E-state index contributed by atoms with van der Waals surface area (Å²) in [5.41, 5.74) is 6.38. The second-order valence-electron chi connectivity index (χ2n) is 4.80. The van der Waals surface area contributed by atoms with E-state index in [1.165, 1.54) is 5.56 Å². The molecule has 2 aromatic rings. The van der Waals surface area contributed by atoms with E-state index in [2.05, 4.69) is 48.6 Å². The Morgan fingerprint density at radius 1 is 1.11 bits per heavy atom. The standard InChI is InChI=1S/C14H20N4/c1-10(2)11-4-6-12(7-5-11)14(17-15)13-8-9-16-18(13)3/h4-10,14,17H,15H2,1-3H3. The first-order chi connectivity index (χ1) is 8.63. The fourth-order valence-corrected chi connectivity index (χ4v) is 2.09. The van der Waals surface area contributed by atoms with Gasteiger partial charge in [-0.05, 0) is 23.1 Å². The fraction of sp³-hybridized carbons (Fsp3) is 0.357. The van der Waals surface area contributed by atoms with Gasteiger partial charge < -0.3 is 0 Å². The van der Waals surface area contributed by atoms with E-state index in [0.717, 1.165) is 11.3 Å². The van der Waals surface area contributed by atoms with Crippen LogP contribution in [0.1, 0.15) is 42.6 Å². The Hall–Kier alpha value is -1.65. The van der Waals surface area contributed by atoms with Gasteiger partial charge in [-0.1, -0.05) is 38.1 Å². The maximum atomic E-state index is 5.67. The Morgan fingerprint density at radius 3 is 2.17 bits per heavy atom. The first kappa shape index (κ1) is 12.8. The van der Waals surface area contributed by atoms with Gasteiger partial charge in [0, 0.05) is 13.2 Å². The topological polar surface area (TPSA) is 55.9 Å². The van der Waals surface area contributed by atoms with E-state index in [9.17, 15) is 0 Å². The third-order valence-electron chi connectivity index (χ3n) is 3.26. The molecule has 1 atom stereocenters. The summed E-state index contributed by atoms with van der Waals surface area (Å²) < 4.78 is 1.83. The highest BCUT2D eigenvalue weighted by molar-refractivity contribution is 5.31. The predicted molar refractivity (Wildman–Crippen MR) is 72.9 cm³/mol. The van der Waals surface area contributed by atoms with Gasteiger partial charge in [0.2, 0.25) is 0 Å². The predicted octanol–water partition coefficient (Wildman–Crippen LogP) is 2.10. The summed E-state index contributed by atoms with van der Waals surface area (Å²) in [6, 6.07) is 10.5. The Labute approximate surface area is 108 Å². The summed E-state index contributed by atoms with van der Waals surface area (Å²) in [6.45, 7) is 4.38. The Kier molecular flexibility index (Phi) is 3.79. The average Bonchev–Trinajstić information content (AvgIpc) is 2.78. The smallest absolute Gasteiger partial charge is 0.0878 e. The molecule has 0 saturated heterocycles. The van der Waals surface area contributed by atoms with Gasteiger partial charge in [-0.15, -0.1) is 0 Å². The monoisotopic (exact) mass is 244 g/mol. The van der Waals surface area contributed by atoms with Crippen LogP contribution in [0.3, 0.4) is 0 Å². The number of hydrazine groups is 1. The molecule has 1 aromatic carbocycles. The van der Waals surface area contributed by atoms with Crippen molar-refractivity contribution in [2.75, 3.05) is 0 Å². The number of aryl methyl sites for hydroxylation is 1. The number of aromatic nitrogens is 2. The summed E-state index contributed by atoms with van der Waals surface area (Å²) in [4.78, 5) is 0. The molecule has 1 aromatic heterocycles. The molecular weight excluding hydrogens is 224 g/mol. The van der Waals surface area contributed by atoms with Crippen LogP contribution in [0.2, 0.25) is 0 Å². The van der Waals surface area contributed by atoms with Gasteiger partial charge >= 0.3 is 0 Å². The SMILES string of the molecule is CC(C)c1ccc(C(NN)c2ccnn2C)cc1. The summed E-state index contributed by atoms with van der Waals surface area (Å²) in [6.07, 6.45) is 1.78. The van der Waals surface area contributed by atoms with Crippen LogP contribution < -0.4 is 11.3 Å². The number of hydrogen-bond acceptors (Lipinski definition) is 3. The van der Waals surface area contributed by atoms with Crippen LogP contribution in [0.25, 0.3) is 0 Å². The van der Waals surface area contributed by atoms with E-state index in [1.807, 2.05) is 17.8 Å². The zero-order valence-corrected chi connectivity index (χ0v) is 11.1. The van der Waals surface area contributed by atoms with E-state index in [0.29, 0.717) is 5.92 Å². The molecule has 0 aliphatic carbocycles. The summed E-state index contributed by atoms with van der Waals surface area (Å²) in [5, 5.41) is 4.18. The van der Waals surface area contributed by atoms with Crippen LogP contribution in [0, 0.1) is 0 Å². The van der Waals surface area contributed by atoms with Gasteiger partial charge in [-0.25, -0.2) is 5.43 Å². The molecule has 0 saturated carbocycles. The highest BCUT2D eigenvalue weighted by Crippen LogP contribution is 2.23. The van der Waals surface area contributed by atoms with Crippen LogP contribution in [-0.2, 0) is 7.05 Å². The maximum absolute atomic E-state index is 5.67. The zero-order chi connectivity index (χ0) is 13.1. The number of nitrogens with zero attached hydrogens (tertiary/aromatic N) is 2. The molecule has 0 aliphatic rings. The molecule has 4 heteroatoms. The molecule has 4 nitrogen and oxygen atoms in total. The van der Waals surface area contributed by atoms with Gasteiger partial charge in [0.15, 0.2) is 0 Å². The van der Waals surface area contributed by atoms with Crippen LogP contribution in [0.15, 0.2) is 36.5 Å². The molecule has 96 valence electrons. The number of benzene rings is 1. The first-order valence-electron chi connectivity index (χ1n) is 6.17. The largest absolute Gasteiger partial charge is 0.271 e. The first-order valence-corrected chi connectivity index (χ1v) is 6.17. The van der Waals surface area contributed by atoms with Crippen molar-refractivity contribution < 1.29 is 0 Å². The molecule has 0 aliphatic heterocycles. The lowest BCUT2D eigenvalue weighted by atomic mass is 9.98. The molecule has 1 unspecified atom stereocenters. The van der Waals surface area contributed by atoms with Crippen LogP contribution in [0.5, 0.6) is 0 Å². The third-order valence-corrected chi connectivity index (χ3v) is 3.26. The minimum absolute atomic E-state index is 0.0290. The van der Waals surface area contributed by atoms with Crippen LogP contribution in [0.4, 0.5) is 0 Å². The van der Waals surface area contributed by atoms with E-state index < -0.39 is 0 Å². The molecule has 2 rings (SSSR count). The molecule has 18 heavy (non-hydrogen) atoms. The summed E-state index contributed by atoms with van der Waals surface area (Å²) >= 11 is 0. The minimum Gasteiger partial charge on any atom is -0.271 e. The van der Waals surface area contributed by atoms with Crippen molar-refractivity contribution in [3.63, 3.8) is 0 Å². The second-order valence-corrected chi connectivity index (χ2v) is 4.80. The Morgan fingerprint density at radius 2 is 1.72 bits per heavy atom. The number of nitrogens with two attached hydrogens (primary N) is 1. The van der Waals surface area contributed by atoms with Crippen molar-refractivity contribution in [2.45, 2.75) is 25.8 Å². The lowest BCUT2D eigenvalue weighted by Gasteiger charge is -2.17. The number of nitrogens with one attached hydrogen (secondary N) is 1. The van der Waals surface area contributed by atoms with Crippen LogP contribution >= 0.6 is 0 Å². The van der Waals surface area contributed by atoms with Crippen molar-refractivity contribution in [1.82, 2.24) is 15.2 Å². The van der Waals surface area contributed by atoms with E-state index >= 15 is 0 Å². The zero-order valence-electron chi connectivity index (χ0n) is 11.1. The molecule has 0 amide bonds. The fourth-order valence-electron chi connectivity index (χ4n) is 2.09. The van der Waals surface area contributed by atoms with Gasteiger partial charge in [-0.3, -0.25) is 10.5 Å². The van der Waals surface area contributed by atoms with E-state index in [4.69, 9.17) is 5.84 Å². The highest BCUT2D eigenvalue weighted by atomic mass is 15.3. The molecule has 0 spiro atoms. The normalized spacial score (nSPS) is 12.9. The van der Waals surface area contributed by atoms with Gasteiger partial charge in [0.25, 0.3) is 0 Å². The lowest BCUT2D eigenvalue weighted by molar-refractivity contribution is 0.575. The van der Waals surface area contributed by atoms with Gasteiger partial charge in [0.1, 0.15) is 0 Å². The Balaban J connectivity index is 2.31. The van der Waals surface area contributed by atoms with Crippen molar-refractivity contribution in [3.8, 4) is 0 Å². The lowest BCUT2D eigenvalue weighted by Crippen LogP contribution is -2.30. The summed E-state index contributed by atoms with van der Waals surface area (Å²) in [5.74, 6) is 6.21. The molecule has 0 radical (unpaired) electrons. The third kappa shape index (κ3) is 2.44. The average molecular weight is 244 g/mol. The Bertz CT molecular complexity index is 499. The van der Waals surface area contributed by atoms with E-state index in [1.54, 1.807) is 6.20 Å². The highest BCUT2D eigenvalue weighted by Gasteiger charge is 2.15. The molecule has 3 N–H and O–H groups in total. The minimum atomic E-state index is -0.0290. The maximum Gasteiger partial charge on any atom is 0.0878 e. The molecule has 0 fully saturated rings. The van der Waals surface area contributed by atoms with Crippen LogP contribution in [-0.4, -0.2) is 9.78 Å². The number of rotatable bonds is 4. The van der Waals surface area contributed by atoms with Crippen molar-refractivity contribution in [2.24, 2.45) is 12.9 Å². The summed E-state index contributed by atoms with van der Waals surface area (Å²) in [7, 11) is 1.92. The number of hydrogen-bond donors (Lipinski definition) is 2. The van der Waals surface area contributed by atoms with E-state index in [-0.39, 0.29) is 6.04 Å². The van der Waals surface area contributed by atoms with Gasteiger partial charge in [-0.2, -0.15) is 5.10 Å². The second kappa shape index (κ2) is 5.33. The molecular formula is C14H20N4. The molecule has 1 heterocycles. The quantitative estimate of drug-likeness (QED) is 0.639. The van der Waals surface area contributed by atoms with Crippen molar-refractivity contribution in [1.29, 1.82) is 0 Å².